The Bertz CT molecular complexity index is 570. The Morgan fingerprint density at radius 3 is 2.33 bits per heavy atom. The molecule has 0 aliphatic heterocycles. The minimum atomic E-state index is -0.198. The number of rotatable bonds is 4. The van der Waals surface area contributed by atoms with Crippen molar-refractivity contribution < 1.29 is 4.39 Å². The number of benzene rings is 2. The van der Waals surface area contributed by atoms with Crippen molar-refractivity contribution in [2.75, 3.05) is 5.32 Å². The molecule has 1 nitrogen and oxygen atoms in total. The van der Waals surface area contributed by atoms with Crippen molar-refractivity contribution in [2.45, 2.75) is 44.6 Å². The Hall–Kier alpha value is -1.83. The van der Waals surface area contributed by atoms with Crippen LogP contribution in [0.4, 0.5) is 10.1 Å². The van der Waals surface area contributed by atoms with Crippen molar-refractivity contribution in [2.24, 2.45) is 0 Å². The molecule has 0 spiro atoms. The molecule has 3 rings (SSSR count). The first-order chi connectivity index (χ1) is 10.3. The monoisotopic (exact) mass is 283 g/mol. The molecule has 0 aromatic heterocycles. The maximum atomic E-state index is 13.5. The van der Waals surface area contributed by atoms with Crippen LogP contribution in [0.25, 0.3) is 0 Å². The van der Waals surface area contributed by atoms with Crippen molar-refractivity contribution in [3.63, 3.8) is 0 Å². The van der Waals surface area contributed by atoms with Crippen LogP contribution in [0.3, 0.4) is 0 Å². The molecule has 0 heterocycles. The zero-order chi connectivity index (χ0) is 14.5. The van der Waals surface area contributed by atoms with Crippen LogP contribution >= 0.6 is 0 Å². The van der Waals surface area contributed by atoms with E-state index in [1.807, 2.05) is 6.07 Å². The molecule has 1 N–H and O–H groups in total. The van der Waals surface area contributed by atoms with Gasteiger partial charge in [0, 0.05) is 6.54 Å². The summed E-state index contributed by atoms with van der Waals surface area (Å²) in [6.07, 6.45) is 6.77. The van der Waals surface area contributed by atoms with Crippen LogP contribution in [0.5, 0.6) is 0 Å². The van der Waals surface area contributed by atoms with E-state index in [4.69, 9.17) is 0 Å². The van der Waals surface area contributed by atoms with E-state index in [-0.39, 0.29) is 5.82 Å². The summed E-state index contributed by atoms with van der Waals surface area (Å²) in [5, 5.41) is 3.15. The molecule has 1 saturated carbocycles. The van der Waals surface area contributed by atoms with E-state index in [1.165, 1.54) is 49.3 Å². The molecule has 1 aliphatic rings. The number of para-hydroxylation sites is 1. The first-order valence-corrected chi connectivity index (χ1v) is 7.90. The number of hydrogen-bond acceptors (Lipinski definition) is 1. The Morgan fingerprint density at radius 1 is 0.905 bits per heavy atom. The molecule has 0 amide bonds. The van der Waals surface area contributed by atoms with Crippen molar-refractivity contribution >= 4 is 5.69 Å². The van der Waals surface area contributed by atoms with Crippen LogP contribution in [0.15, 0.2) is 48.5 Å². The van der Waals surface area contributed by atoms with Crippen LogP contribution < -0.4 is 5.32 Å². The standard InChI is InChI=1S/C19H22FN/c20-18-8-4-5-9-19(18)21-14-15-10-12-17(13-11-15)16-6-2-1-3-7-16/h4-5,8-13,16,21H,1-3,6-7,14H2. The van der Waals surface area contributed by atoms with E-state index in [0.29, 0.717) is 12.2 Å². The molecule has 0 atom stereocenters. The molecule has 0 radical (unpaired) electrons. The first-order valence-electron chi connectivity index (χ1n) is 7.90. The predicted octanol–water partition coefficient (Wildman–Crippen LogP) is 5.49. The SMILES string of the molecule is Fc1ccccc1NCc1ccc(C2CCCCC2)cc1. The third-order valence-corrected chi connectivity index (χ3v) is 4.41. The molecule has 2 heteroatoms. The summed E-state index contributed by atoms with van der Waals surface area (Å²) in [5.74, 6) is 0.545. The summed E-state index contributed by atoms with van der Waals surface area (Å²) in [6, 6.07) is 15.6. The fourth-order valence-corrected chi connectivity index (χ4v) is 3.15. The fraction of sp³-hybridized carbons (Fsp3) is 0.368. The van der Waals surface area contributed by atoms with Crippen molar-refractivity contribution in [3.8, 4) is 0 Å². The van der Waals surface area contributed by atoms with Gasteiger partial charge in [-0.1, -0.05) is 55.7 Å². The van der Waals surface area contributed by atoms with Crippen molar-refractivity contribution in [1.82, 2.24) is 0 Å². The first kappa shape index (κ1) is 14.1. The van der Waals surface area contributed by atoms with Crippen molar-refractivity contribution in [3.05, 3.63) is 65.5 Å². The summed E-state index contributed by atoms with van der Waals surface area (Å²) in [7, 11) is 0. The molecular weight excluding hydrogens is 261 g/mol. The zero-order valence-electron chi connectivity index (χ0n) is 12.3. The van der Waals surface area contributed by atoms with Gasteiger partial charge in [-0.05, 0) is 42.0 Å². The van der Waals surface area contributed by atoms with Gasteiger partial charge in [-0.2, -0.15) is 0 Å². The van der Waals surface area contributed by atoms with Gasteiger partial charge in [-0.15, -0.1) is 0 Å². The lowest BCUT2D eigenvalue weighted by Gasteiger charge is -2.22. The molecular formula is C19H22FN. The lowest BCUT2D eigenvalue weighted by molar-refractivity contribution is 0.443. The zero-order valence-corrected chi connectivity index (χ0v) is 12.3. The Kier molecular flexibility index (Phi) is 4.54. The van der Waals surface area contributed by atoms with Gasteiger partial charge in [0.05, 0.1) is 5.69 Å². The molecule has 2 aromatic rings. The van der Waals surface area contributed by atoms with Gasteiger partial charge in [0.2, 0.25) is 0 Å². The van der Waals surface area contributed by atoms with Gasteiger partial charge in [-0.3, -0.25) is 0 Å². The molecule has 21 heavy (non-hydrogen) atoms. The highest BCUT2D eigenvalue weighted by molar-refractivity contribution is 5.45. The molecule has 110 valence electrons. The van der Waals surface area contributed by atoms with Gasteiger partial charge < -0.3 is 5.32 Å². The summed E-state index contributed by atoms with van der Waals surface area (Å²) in [5.41, 5.74) is 3.22. The molecule has 1 fully saturated rings. The van der Waals surface area contributed by atoms with Gasteiger partial charge in [0.1, 0.15) is 5.82 Å². The van der Waals surface area contributed by atoms with Crippen molar-refractivity contribution in [1.29, 1.82) is 0 Å². The third kappa shape index (κ3) is 3.63. The van der Waals surface area contributed by atoms with Crippen LogP contribution in [0, 0.1) is 5.82 Å². The topological polar surface area (TPSA) is 12.0 Å². The summed E-state index contributed by atoms with van der Waals surface area (Å²) in [4.78, 5) is 0. The highest BCUT2D eigenvalue weighted by Crippen LogP contribution is 2.32. The number of hydrogen-bond donors (Lipinski definition) is 1. The molecule has 2 aromatic carbocycles. The second-order valence-electron chi connectivity index (χ2n) is 5.91. The molecule has 1 aliphatic carbocycles. The second kappa shape index (κ2) is 6.75. The summed E-state index contributed by atoms with van der Waals surface area (Å²) < 4.78 is 13.5. The van der Waals surface area contributed by atoms with Crippen LogP contribution in [-0.4, -0.2) is 0 Å². The van der Waals surface area contributed by atoms with Gasteiger partial charge in [0.15, 0.2) is 0 Å². The molecule has 0 unspecified atom stereocenters. The highest BCUT2D eigenvalue weighted by atomic mass is 19.1. The minimum Gasteiger partial charge on any atom is -0.379 e. The lowest BCUT2D eigenvalue weighted by atomic mass is 9.84. The highest BCUT2D eigenvalue weighted by Gasteiger charge is 2.14. The smallest absolute Gasteiger partial charge is 0.146 e. The maximum absolute atomic E-state index is 13.5. The maximum Gasteiger partial charge on any atom is 0.146 e. The van der Waals surface area contributed by atoms with E-state index in [0.717, 1.165) is 5.92 Å². The van der Waals surface area contributed by atoms with Crippen LogP contribution in [-0.2, 0) is 6.54 Å². The van der Waals surface area contributed by atoms with Gasteiger partial charge >= 0.3 is 0 Å². The number of nitrogens with one attached hydrogen (secondary N) is 1. The summed E-state index contributed by atoms with van der Waals surface area (Å²) in [6.45, 7) is 0.659. The van der Waals surface area contributed by atoms with Gasteiger partial charge in [-0.25, -0.2) is 4.39 Å². The Labute approximate surface area is 126 Å². The second-order valence-corrected chi connectivity index (χ2v) is 5.91. The normalized spacial score (nSPS) is 15.9. The number of halogens is 1. The lowest BCUT2D eigenvalue weighted by Crippen LogP contribution is -2.05. The quantitative estimate of drug-likeness (QED) is 0.782. The van der Waals surface area contributed by atoms with E-state index in [9.17, 15) is 4.39 Å². The predicted molar refractivity (Wildman–Crippen MR) is 86.0 cm³/mol. The van der Waals surface area contributed by atoms with E-state index >= 15 is 0 Å². The molecule has 0 bridgehead atoms. The Balaban J connectivity index is 1.60. The third-order valence-electron chi connectivity index (χ3n) is 4.41. The largest absolute Gasteiger partial charge is 0.379 e. The van der Waals surface area contributed by atoms with E-state index in [1.54, 1.807) is 12.1 Å². The van der Waals surface area contributed by atoms with Crippen LogP contribution in [0.2, 0.25) is 0 Å². The minimum absolute atomic E-state index is 0.198. The fourth-order valence-electron chi connectivity index (χ4n) is 3.15. The van der Waals surface area contributed by atoms with Gasteiger partial charge in [0.25, 0.3) is 0 Å². The summed E-state index contributed by atoms with van der Waals surface area (Å²) >= 11 is 0. The molecule has 0 saturated heterocycles. The van der Waals surface area contributed by atoms with E-state index in [2.05, 4.69) is 29.6 Å². The van der Waals surface area contributed by atoms with E-state index < -0.39 is 0 Å². The number of anilines is 1. The van der Waals surface area contributed by atoms with Crippen LogP contribution in [0.1, 0.15) is 49.1 Å². The average Bonchev–Trinajstić information content (AvgIpc) is 2.55. The Morgan fingerprint density at radius 2 is 1.62 bits per heavy atom. The average molecular weight is 283 g/mol.